The first-order chi connectivity index (χ1) is 8.22. The van der Waals surface area contributed by atoms with Crippen LogP contribution in [-0.2, 0) is 0 Å². The lowest BCUT2D eigenvalue weighted by Gasteiger charge is -2.49. The first-order valence-corrected chi connectivity index (χ1v) is 7.57. The Hall–Kier alpha value is -0.0800. The Morgan fingerprint density at radius 2 is 1.94 bits per heavy atom. The highest BCUT2D eigenvalue weighted by atomic mass is 16.3. The fourth-order valence-electron chi connectivity index (χ4n) is 5.02. The van der Waals surface area contributed by atoms with Crippen molar-refractivity contribution in [3.8, 4) is 0 Å². The number of fused-ring (bicyclic) bond motifs is 2. The zero-order valence-corrected chi connectivity index (χ0v) is 11.3. The van der Waals surface area contributed by atoms with E-state index in [2.05, 4.69) is 18.7 Å². The molecule has 98 valence electrons. The summed E-state index contributed by atoms with van der Waals surface area (Å²) in [4.78, 5) is 2.77. The third kappa shape index (κ3) is 1.84. The van der Waals surface area contributed by atoms with E-state index in [0.717, 1.165) is 29.7 Å². The Kier molecular flexibility index (Phi) is 3.20. The van der Waals surface area contributed by atoms with Gasteiger partial charge in [-0.25, -0.2) is 0 Å². The molecule has 0 unspecified atom stereocenters. The summed E-state index contributed by atoms with van der Waals surface area (Å²) < 4.78 is 0. The Balaban J connectivity index is 1.79. The average molecular weight is 237 g/mol. The van der Waals surface area contributed by atoms with Crippen molar-refractivity contribution < 1.29 is 5.11 Å². The first-order valence-electron chi connectivity index (χ1n) is 7.57. The molecular formula is C15H27NO. The summed E-state index contributed by atoms with van der Waals surface area (Å²) in [6, 6.07) is 0.856. The minimum absolute atomic E-state index is 0.408. The zero-order valence-electron chi connectivity index (χ0n) is 11.3. The van der Waals surface area contributed by atoms with Crippen LogP contribution in [0.3, 0.4) is 0 Å². The molecule has 2 heterocycles. The number of aliphatic hydroxyl groups excluding tert-OH is 1. The molecule has 2 heteroatoms. The molecule has 2 saturated heterocycles. The van der Waals surface area contributed by atoms with E-state index in [-0.39, 0.29) is 0 Å². The van der Waals surface area contributed by atoms with Gasteiger partial charge in [0.15, 0.2) is 0 Å². The van der Waals surface area contributed by atoms with Crippen molar-refractivity contribution in [1.29, 1.82) is 0 Å². The predicted molar refractivity (Wildman–Crippen MR) is 69.7 cm³/mol. The van der Waals surface area contributed by atoms with Crippen molar-refractivity contribution >= 4 is 0 Å². The summed E-state index contributed by atoms with van der Waals surface area (Å²) in [5.74, 6) is 3.91. The van der Waals surface area contributed by atoms with Crippen LogP contribution in [0.5, 0.6) is 0 Å². The molecule has 0 spiro atoms. The van der Waals surface area contributed by atoms with Gasteiger partial charge in [0.25, 0.3) is 0 Å². The average Bonchev–Trinajstić information content (AvgIpc) is 2.68. The summed E-state index contributed by atoms with van der Waals surface area (Å²) in [7, 11) is 0. The molecule has 1 N–H and O–H groups in total. The standard InChI is InChI=1S/C15H27NO/c1-10-12(9-17)7-13-11(2)15-5-3-4-6-16(15)8-14(10)13/h10-15,17H,3-9H2,1-2H3/t10-,11+,12-,13+,14+,15-/m1/s1. The number of rotatable bonds is 1. The Bertz CT molecular complexity index is 280. The molecule has 6 atom stereocenters. The number of hydrogen-bond acceptors (Lipinski definition) is 2. The van der Waals surface area contributed by atoms with Gasteiger partial charge >= 0.3 is 0 Å². The monoisotopic (exact) mass is 237 g/mol. The maximum absolute atomic E-state index is 9.51. The third-order valence-electron chi connectivity index (χ3n) is 6.17. The molecule has 0 aromatic heterocycles. The van der Waals surface area contributed by atoms with Gasteiger partial charge in [-0.2, -0.15) is 0 Å². The highest BCUT2D eigenvalue weighted by Crippen LogP contribution is 2.50. The van der Waals surface area contributed by atoms with Gasteiger partial charge in [-0.05, 0) is 55.4 Å². The molecule has 17 heavy (non-hydrogen) atoms. The lowest BCUT2D eigenvalue weighted by Crippen LogP contribution is -2.53. The zero-order chi connectivity index (χ0) is 12.0. The molecule has 2 nitrogen and oxygen atoms in total. The lowest BCUT2D eigenvalue weighted by atomic mass is 9.72. The van der Waals surface area contributed by atoms with Gasteiger partial charge in [0.05, 0.1) is 0 Å². The van der Waals surface area contributed by atoms with E-state index in [1.54, 1.807) is 0 Å². The number of piperidine rings is 2. The summed E-state index contributed by atoms with van der Waals surface area (Å²) in [5, 5.41) is 9.51. The van der Waals surface area contributed by atoms with Gasteiger partial charge in [-0.15, -0.1) is 0 Å². The smallest absolute Gasteiger partial charge is 0.0462 e. The predicted octanol–water partition coefficient (Wildman–Crippen LogP) is 2.37. The molecule has 3 aliphatic rings. The van der Waals surface area contributed by atoms with Crippen molar-refractivity contribution in [3.63, 3.8) is 0 Å². The third-order valence-corrected chi connectivity index (χ3v) is 6.17. The van der Waals surface area contributed by atoms with E-state index in [4.69, 9.17) is 0 Å². The minimum atomic E-state index is 0.408. The van der Waals surface area contributed by atoms with Crippen molar-refractivity contribution in [2.45, 2.75) is 45.6 Å². The fourth-order valence-corrected chi connectivity index (χ4v) is 5.02. The van der Waals surface area contributed by atoms with Crippen LogP contribution in [0.25, 0.3) is 0 Å². The van der Waals surface area contributed by atoms with E-state index in [0.29, 0.717) is 12.5 Å². The topological polar surface area (TPSA) is 23.5 Å². The van der Waals surface area contributed by atoms with Crippen LogP contribution in [-0.4, -0.2) is 35.7 Å². The number of hydrogen-bond donors (Lipinski definition) is 1. The van der Waals surface area contributed by atoms with Crippen molar-refractivity contribution in [2.75, 3.05) is 19.7 Å². The summed E-state index contributed by atoms with van der Waals surface area (Å²) in [5.41, 5.74) is 0. The molecule has 3 rings (SSSR count). The van der Waals surface area contributed by atoms with Crippen LogP contribution in [0.1, 0.15) is 39.5 Å². The second-order valence-corrected chi connectivity index (χ2v) is 6.78. The van der Waals surface area contributed by atoms with Crippen LogP contribution in [0.15, 0.2) is 0 Å². The van der Waals surface area contributed by atoms with Crippen LogP contribution < -0.4 is 0 Å². The molecule has 0 radical (unpaired) electrons. The summed E-state index contributed by atoms with van der Waals surface area (Å²) in [6.07, 6.45) is 5.54. The van der Waals surface area contributed by atoms with E-state index in [9.17, 15) is 5.11 Å². The molecule has 2 aliphatic heterocycles. The number of aliphatic hydroxyl groups is 1. The van der Waals surface area contributed by atoms with Crippen molar-refractivity contribution in [3.05, 3.63) is 0 Å². The maximum atomic E-state index is 9.51. The molecular weight excluding hydrogens is 210 g/mol. The Morgan fingerprint density at radius 1 is 1.12 bits per heavy atom. The minimum Gasteiger partial charge on any atom is -0.396 e. The van der Waals surface area contributed by atoms with E-state index >= 15 is 0 Å². The van der Waals surface area contributed by atoms with Crippen molar-refractivity contribution in [2.24, 2.45) is 29.6 Å². The largest absolute Gasteiger partial charge is 0.396 e. The SMILES string of the molecule is C[C@@H]1[C@@H](CO)C[C@H]2[C@H](C)[C@H]3CCCCN3C[C@@H]12. The molecule has 0 aromatic carbocycles. The maximum Gasteiger partial charge on any atom is 0.0462 e. The molecule has 1 saturated carbocycles. The molecule has 0 bridgehead atoms. The molecule has 0 amide bonds. The highest BCUT2D eigenvalue weighted by Gasteiger charge is 2.49. The summed E-state index contributed by atoms with van der Waals surface area (Å²) in [6.45, 7) is 7.91. The van der Waals surface area contributed by atoms with Crippen LogP contribution in [0, 0.1) is 29.6 Å². The van der Waals surface area contributed by atoms with Gasteiger partial charge in [0.2, 0.25) is 0 Å². The quantitative estimate of drug-likeness (QED) is 0.757. The van der Waals surface area contributed by atoms with Gasteiger partial charge in [0, 0.05) is 19.2 Å². The van der Waals surface area contributed by atoms with E-state index in [1.165, 1.54) is 38.8 Å². The summed E-state index contributed by atoms with van der Waals surface area (Å²) >= 11 is 0. The van der Waals surface area contributed by atoms with Crippen LogP contribution >= 0.6 is 0 Å². The van der Waals surface area contributed by atoms with Gasteiger partial charge in [-0.3, -0.25) is 4.90 Å². The van der Waals surface area contributed by atoms with E-state index < -0.39 is 0 Å². The Morgan fingerprint density at radius 3 is 2.71 bits per heavy atom. The Labute approximate surface area is 105 Å². The molecule has 3 fully saturated rings. The molecule has 1 aliphatic carbocycles. The second kappa shape index (κ2) is 4.55. The van der Waals surface area contributed by atoms with Gasteiger partial charge in [-0.1, -0.05) is 20.3 Å². The fraction of sp³-hybridized carbons (Fsp3) is 1.00. The second-order valence-electron chi connectivity index (χ2n) is 6.78. The van der Waals surface area contributed by atoms with E-state index in [1.807, 2.05) is 0 Å². The number of nitrogens with zero attached hydrogens (tertiary/aromatic N) is 1. The first kappa shape index (κ1) is 12.0. The van der Waals surface area contributed by atoms with Crippen LogP contribution in [0.2, 0.25) is 0 Å². The van der Waals surface area contributed by atoms with Crippen LogP contribution in [0.4, 0.5) is 0 Å². The van der Waals surface area contributed by atoms with Crippen molar-refractivity contribution in [1.82, 2.24) is 4.90 Å². The van der Waals surface area contributed by atoms with Gasteiger partial charge < -0.3 is 5.11 Å². The van der Waals surface area contributed by atoms with Gasteiger partial charge in [0.1, 0.15) is 0 Å². The highest BCUT2D eigenvalue weighted by molar-refractivity contribution is 5.00. The normalized spacial score (nSPS) is 51.0. The lowest BCUT2D eigenvalue weighted by molar-refractivity contribution is -0.00662. The molecule has 0 aromatic rings.